The molecule has 6 heteroatoms. The van der Waals surface area contributed by atoms with E-state index in [0.29, 0.717) is 18.5 Å². The van der Waals surface area contributed by atoms with Crippen LogP contribution in [0.25, 0.3) is 0 Å². The summed E-state index contributed by atoms with van der Waals surface area (Å²) in [5, 5.41) is 8.92. The summed E-state index contributed by atoms with van der Waals surface area (Å²) in [6.45, 7) is 0. The highest BCUT2D eigenvalue weighted by molar-refractivity contribution is 7.93. The lowest BCUT2D eigenvalue weighted by molar-refractivity contribution is -0.138. The molecule has 5 nitrogen and oxygen atoms in total. The minimum atomic E-state index is -3.59. The third-order valence-corrected chi connectivity index (χ3v) is 6.52. The van der Waals surface area contributed by atoms with E-state index in [1.165, 1.54) is 0 Å². The number of hydrogen-bond acceptors (Lipinski definition) is 3. The van der Waals surface area contributed by atoms with Crippen LogP contribution in [0, 0.1) is 0 Å². The highest BCUT2D eigenvalue weighted by Gasteiger charge is 2.45. The van der Waals surface area contributed by atoms with Gasteiger partial charge in [0.25, 0.3) is 0 Å². The Labute approximate surface area is 118 Å². The molecule has 0 saturated heterocycles. The monoisotopic (exact) mass is 295 g/mol. The van der Waals surface area contributed by atoms with Crippen molar-refractivity contribution in [3.05, 3.63) is 29.8 Å². The lowest BCUT2D eigenvalue weighted by atomic mass is 10.1. The Kier molecular flexibility index (Phi) is 3.20. The van der Waals surface area contributed by atoms with E-state index in [9.17, 15) is 18.3 Å². The number of sulfonamides is 1. The van der Waals surface area contributed by atoms with E-state index in [2.05, 4.69) is 0 Å². The van der Waals surface area contributed by atoms with Crippen molar-refractivity contribution in [2.75, 3.05) is 4.31 Å². The van der Waals surface area contributed by atoms with Gasteiger partial charge in [-0.1, -0.05) is 31.0 Å². The van der Waals surface area contributed by atoms with Gasteiger partial charge in [-0.15, -0.1) is 0 Å². The summed E-state index contributed by atoms with van der Waals surface area (Å²) in [7, 11) is -3.59. The highest BCUT2D eigenvalue weighted by Crippen LogP contribution is 2.38. The quantitative estimate of drug-likeness (QED) is 0.922. The van der Waals surface area contributed by atoms with E-state index in [0.717, 1.165) is 22.7 Å². The van der Waals surface area contributed by atoms with Gasteiger partial charge in [0.2, 0.25) is 10.0 Å². The number of fused-ring (bicyclic) bond motifs is 1. The van der Waals surface area contributed by atoms with Crippen LogP contribution in [-0.4, -0.2) is 30.8 Å². The number of hydrogen-bond donors (Lipinski definition) is 1. The summed E-state index contributed by atoms with van der Waals surface area (Å²) in [5.41, 5.74) is 1.33. The maximum absolute atomic E-state index is 12.8. The zero-order valence-electron chi connectivity index (χ0n) is 11.0. The molecule has 1 fully saturated rings. The first-order valence-electron chi connectivity index (χ1n) is 6.86. The number of benzene rings is 1. The van der Waals surface area contributed by atoms with Gasteiger partial charge in [0.1, 0.15) is 6.04 Å². The number of carboxylic acid groups (broad SMARTS) is 1. The average molecular weight is 295 g/mol. The minimum absolute atomic E-state index is 0.247. The van der Waals surface area contributed by atoms with Gasteiger partial charge in [-0.2, -0.15) is 0 Å². The van der Waals surface area contributed by atoms with Gasteiger partial charge in [-0.25, -0.2) is 13.2 Å². The van der Waals surface area contributed by atoms with Gasteiger partial charge >= 0.3 is 5.97 Å². The van der Waals surface area contributed by atoms with Gasteiger partial charge < -0.3 is 5.11 Å². The molecule has 0 radical (unpaired) electrons. The van der Waals surface area contributed by atoms with Gasteiger partial charge in [0.15, 0.2) is 0 Å². The number of aliphatic carboxylic acids is 1. The molecule has 20 heavy (non-hydrogen) atoms. The minimum Gasteiger partial charge on any atom is -0.480 e. The summed E-state index contributed by atoms with van der Waals surface area (Å²) in [5.74, 6) is -1.08. The molecule has 1 aliphatic carbocycles. The molecule has 0 aromatic heterocycles. The highest BCUT2D eigenvalue weighted by atomic mass is 32.2. The fourth-order valence-electron chi connectivity index (χ4n) is 3.21. The molecular weight excluding hydrogens is 278 g/mol. The molecular formula is C14H17NO4S. The summed E-state index contributed by atoms with van der Waals surface area (Å²) >= 11 is 0. The topological polar surface area (TPSA) is 74.7 Å². The van der Waals surface area contributed by atoms with Crippen LogP contribution in [0.1, 0.15) is 31.2 Å². The molecule has 2 aliphatic rings. The van der Waals surface area contributed by atoms with Crippen molar-refractivity contribution in [3.8, 4) is 0 Å². The molecule has 1 atom stereocenters. The zero-order chi connectivity index (χ0) is 14.3. The maximum atomic E-state index is 12.8. The van der Waals surface area contributed by atoms with Crippen LogP contribution in [-0.2, 0) is 21.2 Å². The van der Waals surface area contributed by atoms with Gasteiger partial charge in [-0.3, -0.25) is 4.31 Å². The Morgan fingerprint density at radius 2 is 1.85 bits per heavy atom. The summed E-state index contributed by atoms with van der Waals surface area (Å²) in [6, 6.07) is 6.06. The number of anilines is 1. The van der Waals surface area contributed by atoms with E-state index in [1.54, 1.807) is 18.2 Å². The summed E-state index contributed by atoms with van der Waals surface area (Å²) in [6.07, 6.45) is 3.31. The fourth-order valence-corrected chi connectivity index (χ4v) is 5.43. The molecule has 1 unspecified atom stereocenters. The van der Waals surface area contributed by atoms with Crippen molar-refractivity contribution < 1.29 is 18.3 Å². The Balaban J connectivity index is 2.06. The van der Waals surface area contributed by atoms with E-state index < -0.39 is 27.3 Å². The van der Waals surface area contributed by atoms with Crippen LogP contribution >= 0.6 is 0 Å². The Morgan fingerprint density at radius 3 is 2.50 bits per heavy atom. The third kappa shape index (κ3) is 1.98. The Bertz CT molecular complexity index is 634. The molecule has 0 amide bonds. The van der Waals surface area contributed by atoms with E-state index >= 15 is 0 Å². The number of nitrogens with zero attached hydrogens (tertiary/aromatic N) is 1. The van der Waals surface area contributed by atoms with Gasteiger partial charge in [0, 0.05) is 6.42 Å². The molecule has 1 saturated carbocycles. The summed E-state index contributed by atoms with van der Waals surface area (Å²) in [4.78, 5) is 11.4. The molecule has 1 heterocycles. The number of rotatable bonds is 3. The molecule has 1 aliphatic heterocycles. The van der Waals surface area contributed by atoms with Crippen molar-refractivity contribution >= 4 is 21.7 Å². The van der Waals surface area contributed by atoms with Crippen LogP contribution in [0.15, 0.2) is 24.3 Å². The normalized spacial score (nSPS) is 23.0. The average Bonchev–Trinajstić information content (AvgIpc) is 3.06. The van der Waals surface area contributed by atoms with Crippen LogP contribution in [0.5, 0.6) is 0 Å². The van der Waals surface area contributed by atoms with Gasteiger partial charge in [0.05, 0.1) is 10.9 Å². The van der Waals surface area contributed by atoms with Crippen molar-refractivity contribution in [3.63, 3.8) is 0 Å². The third-order valence-electron chi connectivity index (χ3n) is 4.21. The second-order valence-electron chi connectivity index (χ2n) is 5.43. The van der Waals surface area contributed by atoms with Crippen LogP contribution in [0.3, 0.4) is 0 Å². The fraction of sp³-hybridized carbons (Fsp3) is 0.500. The first-order valence-corrected chi connectivity index (χ1v) is 8.36. The molecule has 1 aromatic rings. The lowest BCUT2D eigenvalue weighted by Crippen LogP contribution is -2.46. The lowest BCUT2D eigenvalue weighted by Gasteiger charge is -2.27. The predicted octanol–water partition coefficient (Wildman–Crippen LogP) is 1.77. The molecule has 1 aromatic carbocycles. The van der Waals surface area contributed by atoms with Crippen LogP contribution in [0.2, 0.25) is 0 Å². The molecule has 108 valence electrons. The SMILES string of the molecule is O=C(O)C1Cc2ccccc2N1S(=O)(=O)C1CCCC1. The first kappa shape index (κ1) is 13.4. The van der Waals surface area contributed by atoms with Crippen molar-refractivity contribution in [1.29, 1.82) is 0 Å². The number of carboxylic acids is 1. The largest absolute Gasteiger partial charge is 0.480 e. The second-order valence-corrected chi connectivity index (χ2v) is 7.52. The van der Waals surface area contributed by atoms with Crippen LogP contribution in [0.4, 0.5) is 5.69 Å². The van der Waals surface area contributed by atoms with Crippen molar-refractivity contribution in [2.45, 2.75) is 43.4 Å². The smallest absolute Gasteiger partial charge is 0.327 e. The second kappa shape index (κ2) is 4.77. The van der Waals surface area contributed by atoms with Crippen molar-refractivity contribution in [1.82, 2.24) is 0 Å². The molecule has 0 spiro atoms. The maximum Gasteiger partial charge on any atom is 0.327 e. The molecule has 1 N–H and O–H groups in total. The summed E-state index contributed by atoms with van der Waals surface area (Å²) < 4.78 is 26.7. The number of carbonyl (C=O) groups is 1. The predicted molar refractivity (Wildman–Crippen MR) is 75.2 cm³/mol. The first-order chi connectivity index (χ1) is 9.51. The number of para-hydroxylation sites is 1. The Morgan fingerprint density at radius 1 is 1.20 bits per heavy atom. The van der Waals surface area contributed by atoms with E-state index in [1.807, 2.05) is 6.07 Å². The van der Waals surface area contributed by atoms with E-state index in [-0.39, 0.29) is 6.42 Å². The van der Waals surface area contributed by atoms with Gasteiger partial charge in [-0.05, 0) is 24.5 Å². The molecule has 3 rings (SSSR count). The standard InChI is InChI=1S/C14H17NO4S/c16-14(17)13-9-10-5-1-4-8-12(10)15(13)20(18,19)11-6-2-3-7-11/h1,4-5,8,11,13H,2-3,6-7,9H2,(H,16,17). The Hall–Kier alpha value is -1.56. The van der Waals surface area contributed by atoms with Crippen molar-refractivity contribution in [2.24, 2.45) is 0 Å². The van der Waals surface area contributed by atoms with Crippen LogP contribution < -0.4 is 4.31 Å². The zero-order valence-corrected chi connectivity index (χ0v) is 11.8. The van der Waals surface area contributed by atoms with E-state index in [4.69, 9.17) is 0 Å². The molecule has 0 bridgehead atoms.